The van der Waals surface area contributed by atoms with E-state index in [4.69, 9.17) is 14.2 Å². The molecule has 13 heteroatoms. The van der Waals surface area contributed by atoms with Crippen molar-refractivity contribution >= 4 is 28.0 Å². The monoisotopic (exact) mass is 837 g/mol. The van der Waals surface area contributed by atoms with Crippen molar-refractivity contribution in [3.8, 4) is 17.2 Å². The standard InChI is InChI=1S/C47H65N6O6Si/c1-7-13-16-25-35(10-4)57-41-31-22-19-28-38(41)44(54)49-48-34-47(60,52-50-45(55)39-29-20-23-32-42(39)58-36(11-5)26-17-14-8-2)53-51-46(56)40-30-21-24-33-43(40)59-37(12-6)27-18-15-9-3/h19-24,28-33,35-37H,7-18,25-27,34H2,1-6H3. The number of rotatable bonds is 28. The van der Waals surface area contributed by atoms with E-state index in [2.05, 4.69) is 68.6 Å². The molecule has 3 amide bonds. The van der Waals surface area contributed by atoms with Crippen molar-refractivity contribution in [1.29, 1.82) is 0 Å². The molecule has 0 aliphatic heterocycles. The summed E-state index contributed by atoms with van der Waals surface area (Å²) in [5.41, 5.74) is 0.666. The van der Waals surface area contributed by atoms with E-state index in [9.17, 15) is 14.4 Å². The fraction of sp³-hybridized carbons (Fsp3) is 0.553. The van der Waals surface area contributed by atoms with Crippen LogP contribution in [0.5, 0.6) is 17.2 Å². The molecule has 0 bridgehead atoms. The minimum Gasteiger partial charge on any atom is -0.490 e. The summed E-state index contributed by atoms with van der Waals surface area (Å²) in [6.07, 6.45) is 14.4. The molecular formula is C47H65N6O6Si. The first-order chi connectivity index (χ1) is 29.1. The van der Waals surface area contributed by atoms with Crippen molar-refractivity contribution < 1.29 is 28.6 Å². The number of hydrogen-bond acceptors (Lipinski definition) is 9. The molecule has 3 aromatic carbocycles. The number of carbonyl (C=O) groups excluding carboxylic acids is 3. The van der Waals surface area contributed by atoms with E-state index in [1.165, 1.54) is 0 Å². The lowest BCUT2D eigenvalue weighted by Gasteiger charge is -2.19. The largest absolute Gasteiger partial charge is 0.490 e. The molecule has 0 aliphatic rings. The highest BCUT2D eigenvalue weighted by Gasteiger charge is 2.27. The number of benzene rings is 3. The van der Waals surface area contributed by atoms with Gasteiger partial charge in [0.05, 0.1) is 35.0 Å². The van der Waals surface area contributed by atoms with Crippen molar-refractivity contribution in [2.75, 3.05) is 6.54 Å². The van der Waals surface area contributed by atoms with Crippen LogP contribution in [-0.4, -0.2) is 58.1 Å². The Bertz CT molecular complexity index is 1770. The van der Waals surface area contributed by atoms with Crippen molar-refractivity contribution in [1.82, 2.24) is 0 Å². The van der Waals surface area contributed by atoms with Crippen LogP contribution in [0.25, 0.3) is 0 Å². The van der Waals surface area contributed by atoms with E-state index in [0.29, 0.717) is 17.2 Å². The third kappa shape index (κ3) is 17.0. The molecule has 0 saturated carbocycles. The van der Waals surface area contributed by atoms with E-state index in [1.807, 2.05) is 13.8 Å². The third-order valence-electron chi connectivity index (χ3n) is 10.1. The molecule has 3 atom stereocenters. The summed E-state index contributed by atoms with van der Waals surface area (Å²) in [5, 5.41) is 22.6. The molecule has 0 spiro atoms. The summed E-state index contributed by atoms with van der Waals surface area (Å²) >= 11 is 0. The lowest BCUT2D eigenvalue weighted by Crippen LogP contribution is -2.28. The summed E-state index contributed by atoms with van der Waals surface area (Å²) in [4.78, 5) is 40.7. The maximum atomic E-state index is 13.6. The smallest absolute Gasteiger partial charge is 0.298 e. The Balaban J connectivity index is 1.93. The number of azo groups is 3. The molecule has 0 saturated heterocycles. The van der Waals surface area contributed by atoms with Gasteiger partial charge in [0.25, 0.3) is 17.7 Å². The molecule has 3 radical (unpaired) electrons. The van der Waals surface area contributed by atoms with E-state index < -0.39 is 29.6 Å². The van der Waals surface area contributed by atoms with Gasteiger partial charge < -0.3 is 14.2 Å². The van der Waals surface area contributed by atoms with Gasteiger partial charge in [0.15, 0.2) is 5.29 Å². The molecule has 0 fully saturated rings. The summed E-state index contributed by atoms with van der Waals surface area (Å²) in [6.45, 7) is 12.2. The molecule has 0 aromatic heterocycles. The van der Waals surface area contributed by atoms with E-state index in [0.717, 1.165) is 96.3 Å². The zero-order valence-electron chi connectivity index (χ0n) is 36.6. The van der Waals surface area contributed by atoms with Gasteiger partial charge in [-0.15, -0.1) is 15.3 Å². The molecule has 0 aliphatic carbocycles. The van der Waals surface area contributed by atoms with Crippen molar-refractivity contribution in [3.63, 3.8) is 0 Å². The summed E-state index contributed by atoms with van der Waals surface area (Å²) in [5.74, 6) is -0.851. The molecule has 12 nitrogen and oxygen atoms in total. The third-order valence-corrected chi connectivity index (χ3v) is 10.4. The van der Waals surface area contributed by atoms with Gasteiger partial charge >= 0.3 is 0 Å². The second-order valence-corrected chi connectivity index (χ2v) is 15.8. The molecule has 3 unspecified atom stereocenters. The van der Waals surface area contributed by atoms with E-state index in [-0.39, 0.29) is 35.0 Å². The molecule has 323 valence electrons. The van der Waals surface area contributed by atoms with Crippen molar-refractivity contribution in [2.24, 2.45) is 30.7 Å². The molecule has 3 rings (SSSR count). The van der Waals surface area contributed by atoms with Crippen LogP contribution in [0.4, 0.5) is 0 Å². The summed E-state index contributed by atoms with van der Waals surface area (Å²) < 4.78 is 18.8. The first-order valence-corrected chi connectivity index (χ1v) is 22.5. The maximum Gasteiger partial charge on any atom is 0.298 e. The van der Waals surface area contributed by atoms with Gasteiger partial charge in [-0.05, 0) is 94.2 Å². The second kappa shape index (κ2) is 27.8. The number of amides is 3. The topological polar surface area (TPSA) is 153 Å². The first kappa shape index (κ1) is 49.4. The highest BCUT2D eigenvalue weighted by Crippen LogP contribution is 2.27. The Morgan fingerprint density at radius 2 is 0.817 bits per heavy atom. The average molecular weight is 838 g/mol. The zero-order valence-corrected chi connectivity index (χ0v) is 37.6. The van der Waals surface area contributed by atoms with Crippen molar-refractivity contribution in [2.45, 2.75) is 161 Å². The number of nitrogens with zero attached hydrogens (tertiary/aromatic N) is 6. The zero-order chi connectivity index (χ0) is 43.6. The molecule has 0 heterocycles. The van der Waals surface area contributed by atoms with Gasteiger partial charge in [0, 0.05) is 0 Å². The minimum absolute atomic E-state index is 0.0536. The van der Waals surface area contributed by atoms with E-state index in [1.54, 1.807) is 72.8 Å². The lowest BCUT2D eigenvalue weighted by molar-refractivity contribution is 0.0968. The predicted octanol–water partition coefficient (Wildman–Crippen LogP) is 12.9. The lowest BCUT2D eigenvalue weighted by atomic mass is 10.1. The number of carbonyl (C=O) groups is 3. The molecule has 3 aromatic rings. The van der Waals surface area contributed by atoms with Crippen LogP contribution in [0.1, 0.15) is 169 Å². The highest BCUT2D eigenvalue weighted by molar-refractivity contribution is 6.15. The quantitative estimate of drug-likeness (QED) is 0.0403. The number of ether oxygens (including phenoxy) is 3. The van der Waals surface area contributed by atoms with Gasteiger partial charge in [-0.25, -0.2) is 0 Å². The van der Waals surface area contributed by atoms with Crippen LogP contribution in [-0.2, 0) is 0 Å². The Morgan fingerprint density at radius 3 is 1.13 bits per heavy atom. The van der Waals surface area contributed by atoms with Crippen LogP contribution < -0.4 is 14.2 Å². The fourth-order valence-electron chi connectivity index (χ4n) is 6.38. The molecular weight excluding hydrogens is 773 g/mol. The summed E-state index contributed by atoms with van der Waals surface area (Å²) in [6, 6.07) is 20.6. The normalized spacial score (nSPS) is 14.2. The fourth-order valence-corrected chi connectivity index (χ4v) is 6.55. The van der Waals surface area contributed by atoms with Gasteiger partial charge in [0.1, 0.15) is 34.0 Å². The predicted molar refractivity (Wildman–Crippen MR) is 237 cm³/mol. The van der Waals surface area contributed by atoms with Crippen LogP contribution in [0.2, 0.25) is 0 Å². The van der Waals surface area contributed by atoms with Crippen LogP contribution >= 0.6 is 0 Å². The SMILES string of the molecule is CCCCCC(CC)Oc1ccccc1C(=O)N=NCC([Si])(N=NC(=O)c1ccccc1OC(CC)CCCCC)N=NC(=O)c1ccccc1OC(CC)CCCCC. The number of hydrogen-bond donors (Lipinski definition) is 0. The molecule has 60 heavy (non-hydrogen) atoms. The summed E-state index contributed by atoms with van der Waals surface area (Å²) in [7, 11) is 3.48. The van der Waals surface area contributed by atoms with Crippen LogP contribution in [0.15, 0.2) is 103 Å². The Morgan fingerprint density at radius 1 is 0.500 bits per heavy atom. The molecule has 0 N–H and O–H groups in total. The first-order valence-electron chi connectivity index (χ1n) is 22.0. The van der Waals surface area contributed by atoms with Gasteiger partial charge in [-0.1, -0.05) is 116 Å². The number of para-hydroxylation sites is 3. The van der Waals surface area contributed by atoms with Gasteiger partial charge in [0.2, 0.25) is 0 Å². The Kier molecular flexibility index (Phi) is 22.9. The second-order valence-electron chi connectivity index (χ2n) is 15.0. The van der Waals surface area contributed by atoms with Crippen LogP contribution in [0.3, 0.4) is 0 Å². The van der Waals surface area contributed by atoms with Gasteiger partial charge in [-0.2, -0.15) is 15.3 Å². The van der Waals surface area contributed by atoms with E-state index >= 15 is 0 Å². The maximum absolute atomic E-state index is 13.6. The average Bonchev–Trinajstić information content (AvgIpc) is 3.27. The van der Waals surface area contributed by atoms with Gasteiger partial charge in [-0.3, -0.25) is 14.4 Å². The highest BCUT2D eigenvalue weighted by atomic mass is 28.1. The minimum atomic E-state index is -1.90. The Labute approximate surface area is 360 Å². The van der Waals surface area contributed by atoms with Crippen molar-refractivity contribution in [3.05, 3.63) is 89.5 Å². The Hall–Kier alpha value is -4.91. The van der Waals surface area contributed by atoms with Crippen LogP contribution in [0, 0.1) is 0 Å². The number of unbranched alkanes of at least 4 members (excludes halogenated alkanes) is 6.